The lowest BCUT2D eigenvalue weighted by Crippen LogP contribution is -2.51. The van der Waals surface area contributed by atoms with Gasteiger partial charge in [0, 0.05) is 12.1 Å². The van der Waals surface area contributed by atoms with Crippen LogP contribution in [0.15, 0.2) is 0 Å². The normalized spacial score (nSPS) is 29.3. The van der Waals surface area contributed by atoms with Crippen LogP contribution in [0.2, 0.25) is 0 Å². The van der Waals surface area contributed by atoms with E-state index < -0.39 is 11.9 Å². The van der Waals surface area contributed by atoms with E-state index in [0.29, 0.717) is 12.6 Å². The fraction of sp³-hybridized carbons (Fsp3) is 0.833. The third-order valence-electron chi connectivity index (χ3n) is 3.80. The number of carbonyl (C=O) groups is 2. The standard InChI is InChI=1S/C12H20N2O4/c1-7(11(15)13-8-3-4-8)14(2)10-6-18-5-9(10)12(16)17/h7-10H,3-6H2,1-2H3,(H,13,15)(H,16,17). The number of carboxylic acids is 1. The van der Waals surface area contributed by atoms with E-state index in [0.717, 1.165) is 12.8 Å². The van der Waals surface area contributed by atoms with Crippen molar-refractivity contribution in [3.8, 4) is 0 Å². The molecule has 0 radical (unpaired) electrons. The second-order valence-electron chi connectivity index (χ2n) is 5.17. The van der Waals surface area contributed by atoms with E-state index in [1.807, 2.05) is 4.90 Å². The third-order valence-corrected chi connectivity index (χ3v) is 3.80. The highest BCUT2D eigenvalue weighted by Crippen LogP contribution is 2.22. The molecule has 2 fully saturated rings. The lowest BCUT2D eigenvalue weighted by Gasteiger charge is -2.31. The Labute approximate surface area is 106 Å². The van der Waals surface area contributed by atoms with Gasteiger partial charge in [-0.25, -0.2) is 0 Å². The zero-order valence-electron chi connectivity index (χ0n) is 10.8. The number of hydrogen-bond acceptors (Lipinski definition) is 4. The minimum Gasteiger partial charge on any atom is -0.481 e. The minimum absolute atomic E-state index is 0.0314. The number of likely N-dealkylation sites (N-methyl/N-ethyl adjacent to an activating group) is 1. The first-order valence-electron chi connectivity index (χ1n) is 6.33. The Bertz CT molecular complexity index is 343. The molecule has 2 aliphatic rings. The van der Waals surface area contributed by atoms with Gasteiger partial charge in [-0.15, -0.1) is 0 Å². The van der Waals surface area contributed by atoms with Crippen LogP contribution in [-0.4, -0.2) is 60.3 Å². The molecule has 6 nitrogen and oxygen atoms in total. The van der Waals surface area contributed by atoms with Crippen LogP contribution < -0.4 is 5.32 Å². The fourth-order valence-corrected chi connectivity index (χ4v) is 2.20. The Kier molecular flexibility index (Phi) is 3.87. The molecule has 0 bridgehead atoms. The second-order valence-corrected chi connectivity index (χ2v) is 5.17. The van der Waals surface area contributed by atoms with E-state index in [1.165, 1.54) is 0 Å². The first kappa shape index (κ1) is 13.3. The van der Waals surface area contributed by atoms with Gasteiger partial charge in [0.1, 0.15) is 0 Å². The molecule has 1 aliphatic heterocycles. The van der Waals surface area contributed by atoms with Crippen molar-refractivity contribution in [3.05, 3.63) is 0 Å². The zero-order valence-corrected chi connectivity index (χ0v) is 10.8. The smallest absolute Gasteiger partial charge is 0.310 e. The average Bonchev–Trinajstić information content (AvgIpc) is 2.99. The molecule has 1 saturated heterocycles. The zero-order chi connectivity index (χ0) is 13.3. The number of nitrogens with one attached hydrogen (secondary N) is 1. The van der Waals surface area contributed by atoms with Crippen molar-refractivity contribution in [1.82, 2.24) is 10.2 Å². The minimum atomic E-state index is -0.862. The molecule has 1 saturated carbocycles. The molecule has 6 heteroatoms. The summed E-state index contributed by atoms with van der Waals surface area (Å²) >= 11 is 0. The number of amides is 1. The van der Waals surface area contributed by atoms with Crippen molar-refractivity contribution in [1.29, 1.82) is 0 Å². The Hall–Kier alpha value is -1.14. The molecule has 3 unspecified atom stereocenters. The van der Waals surface area contributed by atoms with Gasteiger partial charge in [0.25, 0.3) is 0 Å². The molecule has 1 amide bonds. The van der Waals surface area contributed by atoms with E-state index in [1.54, 1.807) is 14.0 Å². The first-order valence-corrected chi connectivity index (χ1v) is 6.33. The van der Waals surface area contributed by atoms with Crippen LogP contribution in [0, 0.1) is 5.92 Å². The number of hydrogen-bond donors (Lipinski definition) is 2. The van der Waals surface area contributed by atoms with E-state index in [4.69, 9.17) is 9.84 Å². The van der Waals surface area contributed by atoms with Gasteiger partial charge >= 0.3 is 5.97 Å². The highest BCUT2D eigenvalue weighted by atomic mass is 16.5. The molecular weight excluding hydrogens is 236 g/mol. The Morgan fingerprint density at radius 1 is 1.39 bits per heavy atom. The number of carboxylic acid groups (broad SMARTS) is 1. The predicted molar refractivity (Wildman–Crippen MR) is 64.1 cm³/mol. The van der Waals surface area contributed by atoms with Crippen LogP contribution in [-0.2, 0) is 14.3 Å². The number of carbonyl (C=O) groups excluding carboxylic acids is 1. The first-order chi connectivity index (χ1) is 8.50. The van der Waals surface area contributed by atoms with E-state index in [9.17, 15) is 9.59 Å². The maximum atomic E-state index is 11.9. The van der Waals surface area contributed by atoms with Gasteiger partial charge in [-0.05, 0) is 26.8 Å². The molecule has 102 valence electrons. The van der Waals surface area contributed by atoms with Gasteiger partial charge in [0.2, 0.25) is 5.91 Å². The summed E-state index contributed by atoms with van der Waals surface area (Å²) in [5.41, 5.74) is 0. The number of rotatable bonds is 5. The van der Waals surface area contributed by atoms with Crippen molar-refractivity contribution in [2.45, 2.75) is 37.9 Å². The summed E-state index contributed by atoms with van der Waals surface area (Å²) in [5, 5.41) is 12.0. The molecule has 2 rings (SSSR count). The van der Waals surface area contributed by atoms with E-state index >= 15 is 0 Å². The van der Waals surface area contributed by atoms with Crippen molar-refractivity contribution in [2.75, 3.05) is 20.3 Å². The summed E-state index contributed by atoms with van der Waals surface area (Å²) in [4.78, 5) is 24.8. The summed E-state index contributed by atoms with van der Waals surface area (Å²) in [5.74, 6) is -1.44. The number of nitrogens with zero attached hydrogens (tertiary/aromatic N) is 1. The lowest BCUT2D eigenvalue weighted by atomic mass is 10.0. The van der Waals surface area contributed by atoms with E-state index in [-0.39, 0.29) is 24.6 Å². The van der Waals surface area contributed by atoms with Crippen molar-refractivity contribution < 1.29 is 19.4 Å². The SMILES string of the molecule is CC(C(=O)NC1CC1)N(C)C1COCC1C(=O)O. The van der Waals surface area contributed by atoms with Gasteiger partial charge in [-0.1, -0.05) is 0 Å². The molecule has 0 aromatic carbocycles. The summed E-state index contributed by atoms with van der Waals surface area (Å²) in [6.07, 6.45) is 2.10. The molecule has 1 heterocycles. The predicted octanol–water partition coefficient (Wildman–Crippen LogP) is -0.315. The second kappa shape index (κ2) is 5.24. The van der Waals surface area contributed by atoms with Gasteiger partial charge in [-0.3, -0.25) is 14.5 Å². The highest BCUT2D eigenvalue weighted by Gasteiger charge is 2.39. The van der Waals surface area contributed by atoms with Crippen molar-refractivity contribution in [3.63, 3.8) is 0 Å². The fourth-order valence-electron chi connectivity index (χ4n) is 2.20. The Balaban J connectivity index is 1.93. The highest BCUT2D eigenvalue weighted by molar-refractivity contribution is 5.82. The molecule has 1 aliphatic carbocycles. The molecule has 18 heavy (non-hydrogen) atoms. The summed E-state index contributed by atoms with van der Waals surface area (Å²) in [6, 6.07) is -0.245. The number of aliphatic carboxylic acids is 1. The average molecular weight is 256 g/mol. The van der Waals surface area contributed by atoms with Crippen LogP contribution in [0.4, 0.5) is 0 Å². The van der Waals surface area contributed by atoms with Gasteiger partial charge in [-0.2, -0.15) is 0 Å². The van der Waals surface area contributed by atoms with Gasteiger partial charge in [0.05, 0.1) is 25.2 Å². The van der Waals surface area contributed by atoms with Crippen LogP contribution in [0.3, 0.4) is 0 Å². The molecule has 3 atom stereocenters. The lowest BCUT2D eigenvalue weighted by molar-refractivity contribution is -0.144. The van der Waals surface area contributed by atoms with Crippen LogP contribution in [0.1, 0.15) is 19.8 Å². The van der Waals surface area contributed by atoms with Crippen molar-refractivity contribution >= 4 is 11.9 Å². The van der Waals surface area contributed by atoms with Crippen LogP contribution >= 0.6 is 0 Å². The molecule has 0 spiro atoms. The van der Waals surface area contributed by atoms with Crippen molar-refractivity contribution in [2.24, 2.45) is 5.92 Å². The Morgan fingerprint density at radius 2 is 2.06 bits per heavy atom. The number of ether oxygens (including phenoxy) is 1. The van der Waals surface area contributed by atoms with Gasteiger partial charge in [0.15, 0.2) is 0 Å². The monoisotopic (exact) mass is 256 g/mol. The Morgan fingerprint density at radius 3 is 2.61 bits per heavy atom. The largest absolute Gasteiger partial charge is 0.481 e. The topological polar surface area (TPSA) is 78.9 Å². The molecule has 2 N–H and O–H groups in total. The van der Waals surface area contributed by atoms with Crippen LogP contribution in [0.25, 0.3) is 0 Å². The summed E-state index contributed by atoms with van der Waals surface area (Å²) in [7, 11) is 1.78. The quantitative estimate of drug-likeness (QED) is 0.705. The third kappa shape index (κ3) is 2.81. The van der Waals surface area contributed by atoms with Gasteiger partial charge < -0.3 is 15.2 Å². The molecule has 0 aromatic rings. The maximum absolute atomic E-state index is 11.9. The molecule has 0 aromatic heterocycles. The van der Waals surface area contributed by atoms with Crippen LogP contribution in [0.5, 0.6) is 0 Å². The maximum Gasteiger partial charge on any atom is 0.310 e. The van der Waals surface area contributed by atoms with E-state index in [2.05, 4.69) is 5.32 Å². The molecular formula is C12H20N2O4. The summed E-state index contributed by atoms with van der Waals surface area (Å²) < 4.78 is 5.22. The summed E-state index contributed by atoms with van der Waals surface area (Å²) in [6.45, 7) is 2.39.